The molecule has 0 amide bonds. The van der Waals surface area contributed by atoms with Crippen LogP contribution in [0.1, 0.15) is 35.8 Å². The van der Waals surface area contributed by atoms with E-state index < -0.39 is 0 Å². The summed E-state index contributed by atoms with van der Waals surface area (Å²) >= 11 is 0. The number of aryl methyl sites for hydroxylation is 2. The SMILES string of the molecule is Cc1nc(CN[C@@H](C)c2ccc(C)c(F)c2)no1. The lowest BCUT2D eigenvalue weighted by atomic mass is 10.1. The minimum absolute atomic E-state index is 0.0268. The highest BCUT2D eigenvalue weighted by Gasteiger charge is 2.09. The maximum Gasteiger partial charge on any atom is 0.223 e. The van der Waals surface area contributed by atoms with Crippen LogP contribution in [0.4, 0.5) is 4.39 Å². The predicted molar refractivity (Wildman–Crippen MR) is 65.4 cm³/mol. The molecule has 0 bridgehead atoms. The first-order valence-electron chi connectivity index (χ1n) is 5.85. The Morgan fingerprint density at radius 2 is 2.17 bits per heavy atom. The van der Waals surface area contributed by atoms with Gasteiger partial charge in [0, 0.05) is 13.0 Å². The minimum Gasteiger partial charge on any atom is -0.340 e. The first kappa shape index (κ1) is 12.7. The molecule has 1 aromatic carbocycles. The third kappa shape index (κ3) is 2.92. The summed E-state index contributed by atoms with van der Waals surface area (Å²) in [4.78, 5) is 4.09. The highest BCUT2D eigenvalue weighted by atomic mass is 19.1. The van der Waals surface area contributed by atoms with Gasteiger partial charge in [0.15, 0.2) is 5.82 Å². The predicted octanol–water partition coefficient (Wildman–Crippen LogP) is 2.68. The van der Waals surface area contributed by atoms with Crippen LogP contribution in [0, 0.1) is 19.7 Å². The first-order chi connectivity index (χ1) is 8.56. The zero-order valence-corrected chi connectivity index (χ0v) is 10.7. The van der Waals surface area contributed by atoms with E-state index in [9.17, 15) is 4.39 Å². The summed E-state index contributed by atoms with van der Waals surface area (Å²) in [5.74, 6) is 0.962. The van der Waals surface area contributed by atoms with Crippen LogP contribution in [0.2, 0.25) is 0 Å². The van der Waals surface area contributed by atoms with Gasteiger partial charge in [0.1, 0.15) is 5.82 Å². The number of nitrogens with zero attached hydrogens (tertiary/aromatic N) is 2. The van der Waals surface area contributed by atoms with Gasteiger partial charge in [-0.15, -0.1) is 0 Å². The van der Waals surface area contributed by atoms with Crippen molar-refractivity contribution in [3.8, 4) is 0 Å². The molecule has 0 aliphatic rings. The third-order valence-corrected chi connectivity index (χ3v) is 2.83. The van der Waals surface area contributed by atoms with Gasteiger partial charge in [-0.25, -0.2) is 4.39 Å². The highest BCUT2D eigenvalue weighted by Crippen LogP contribution is 2.16. The summed E-state index contributed by atoms with van der Waals surface area (Å²) in [5, 5.41) is 7.01. The van der Waals surface area contributed by atoms with Gasteiger partial charge in [-0.2, -0.15) is 4.98 Å². The summed E-state index contributed by atoms with van der Waals surface area (Å²) in [6.45, 7) is 5.96. The van der Waals surface area contributed by atoms with Crippen LogP contribution >= 0.6 is 0 Å². The molecular formula is C13H16FN3O. The molecule has 96 valence electrons. The number of nitrogens with one attached hydrogen (secondary N) is 1. The standard InChI is InChI=1S/C13H16FN3O/c1-8-4-5-11(6-12(8)14)9(2)15-7-13-16-10(3)18-17-13/h4-6,9,15H,7H2,1-3H3/t9-/m0/s1. The zero-order valence-electron chi connectivity index (χ0n) is 10.7. The Morgan fingerprint density at radius 1 is 1.39 bits per heavy atom. The van der Waals surface area contributed by atoms with Crippen LogP contribution in [0.25, 0.3) is 0 Å². The van der Waals surface area contributed by atoms with Gasteiger partial charge < -0.3 is 9.84 Å². The van der Waals surface area contributed by atoms with E-state index in [0.717, 1.165) is 5.56 Å². The smallest absolute Gasteiger partial charge is 0.223 e. The lowest BCUT2D eigenvalue weighted by Gasteiger charge is -2.13. The lowest BCUT2D eigenvalue weighted by molar-refractivity contribution is 0.384. The van der Waals surface area contributed by atoms with Crippen molar-refractivity contribution in [3.05, 3.63) is 46.9 Å². The molecule has 1 heterocycles. The van der Waals surface area contributed by atoms with Gasteiger partial charge in [-0.3, -0.25) is 0 Å². The molecule has 1 aromatic heterocycles. The number of benzene rings is 1. The second kappa shape index (κ2) is 5.27. The molecule has 1 N–H and O–H groups in total. The fraction of sp³-hybridized carbons (Fsp3) is 0.385. The Balaban J connectivity index is 1.99. The molecular weight excluding hydrogens is 233 g/mol. The van der Waals surface area contributed by atoms with Gasteiger partial charge >= 0.3 is 0 Å². The summed E-state index contributed by atoms with van der Waals surface area (Å²) in [5.41, 5.74) is 1.55. The van der Waals surface area contributed by atoms with Crippen LogP contribution in [0.15, 0.2) is 22.7 Å². The van der Waals surface area contributed by atoms with Crippen molar-refractivity contribution < 1.29 is 8.91 Å². The third-order valence-electron chi connectivity index (χ3n) is 2.83. The van der Waals surface area contributed by atoms with Crippen molar-refractivity contribution in [2.24, 2.45) is 0 Å². The molecule has 2 aromatic rings. The largest absolute Gasteiger partial charge is 0.340 e. The molecule has 5 heteroatoms. The maximum atomic E-state index is 13.4. The fourth-order valence-electron chi connectivity index (χ4n) is 1.65. The molecule has 4 nitrogen and oxygen atoms in total. The molecule has 18 heavy (non-hydrogen) atoms. The molecule has 0 aliphatic carbocycles. The number of rotatable bonds is 4. The summed E-state index contributed by atoms with van der Waals surface area (Å²) in [6.07, 6.45) is 0. The van der Waals surface area contributed by atoms with Crippen LogP contribution in [-0.2, 0) is 6.54 Å². The van der Waals surface area contributed by atoms with Crippen molar-refractivity contribution in [3.63, 3.8) is 0 Å². The Labute approximate surface area is 105 Å². The molecule has 0 fully saturated rings. The van der Waals surface area contributed by atoms with E-state index in [0.29, 0.717) is 23.8 Å². The maximum absolute atomic E-state index is 13.4. The average Bonchev–Trinajstić information content (AvgIpc) is 2.75. The Bertz CT molecular complexity index is 539. The van der Waals surface area contributed by atoms with Crippen molar-refractivity contribution in [2.75, 3.05) is 0 Å². The van der Waals surface area contributed by atoms with E-state index >= 15 is 0 Å². The molecule has 2 rings (SSSR count). The summed E-state index contributed by atoms with van der Waals surface area (Å²) in [6, 6.07) is 5.27. The Kier molecular flexibility index (Phi) is 3.72. The second-order valence-corrected chi connectivity index (χ2v) is 4.34. The number of halogens is 1. The second-order valence-electron chi connectivity index (χ2n) is 4.34. The van der Waals surface area contributed by atoms with E-state index in [1.165, 1.54) is 0 Å². The normalized spacial score (nSPS) is 12.7. The molecule has 0 unspecified atom stereocenters. The van der Waals surface area contributed by atoms with Crippen molar-refractivity contribution in [2.45, 2.75) is 33.4 Å². The highest BCUT2D eigenvalue weighted by molar-refractivity contribution is 5.25. The van der Waals surface area contributed by atoms with E-state index in [2.05, 4.69) is 15.5 Å². The van der Waals surface area contributed by atoms with E-state index in [1.807, 2.05) is 13.0 Å². The average molecular weight is 249 g/mol. The van der Waals surface area contributed by atoms with E-state index in [4.69, 9.17) is 4.52 Å². The van der Waals surface area contributed by atoms with Crippen LogP contribution in [0.3, 0.4) is 0 Å². The number of aromatic nitrogens is 2. The lowest BCUT2D eigenvalue weighted by Crippen LogP contribution is -2.19. The molecule has 0 saturated carbocycles. The fourth-order valence-corrected chi connectivity index (χ4v) is 1.65. The van der Waals surface area contributed by atoms with E-state index in [1.54, 1.807) is 26.0 Å². The van der Waals surface area contributed by atoms with Gasteiger partial charge in [0.25, 0.3) is 0 Å². The molecule has 0 saturated heterocycles. The van der Waals surface area contributed by atoms with Gasteiger partial charge in [0.2, 0.25) is 5.89 Å². The molecule has 0 radical (unpaired) electrons. The van der Waals surface area contributed by atoms with E-state index in [-0.39, 0.29) is 11.9 Å². The Morgan fingerprint density at radius 3 is 2.78 bits per heavy atom. The van der Waals surface area contributed by atoms with Crippen molar-refractivity contribution >= 4 is 0 Å². The Hall–Kier alpha value is -1.75. The zero-order chi connectivity index (χ0) is 13.1. The van der Waals surface area contributed by atoms with Crippen LogP contribution < -0.4 is 5.32 Å². The summed E-state index contributed by atoms with van der Waals surface area (Å²) < 4.78 is 18.3. The van der Waals surface area contributed by atoms with Gasteiger partial charge in [-0.1, -0.05) is 17.3 Å². The summed E-state index contributed by atoms with van der Waals surface area (Å²) in [7, 11) is 0. The number of hydrogen-bond donors (Lipinski definition) is 1. The van der Waals surface area contributed by atoms with Crippen molar-refractivity contribution in [1.29, 1.82) is 0 Å². The van der Waals surface area contributed by atoms with Crippen LogP contribution in [0.5, 0.6) is 0 Å². The minimum atomic E-state index is -0.184. The first-order valence-corrected chi connectivity index (χ1v) is 5.85. The van der Waals surface area contributed by atoms with Crippen LogP contribution in [-0.4, -0.2) is 10.1 Å². The van der Waals surface area contributed by atoms with Gasteiger partial charge in [-0.05, 0) is 31.0 Å². The monoisotopic (exact) mass is 249 g/mol. The number of hydrogen-bond acceptors (Lipinski definition) is 4. The topological polar surface area (TPSA) is 51.0 Å². The molecule has 1 atom stereocenters. The van der Waals surface area contributed by atoms with Crippen molar-refractivity contribution in [1.82, 2.24) is 15.5 Å². The molecule has 0 spiro atoms. The molecule has 0 aliphatic heterocycles. The van der Waals surface area contributed by atoms with Gasteiger partial charge in [0.05, 0.1) is 6.54 Å². The quantitative estimate of drug-likeness (QED) is 0.905.